The molecule has 0 N–H and O–H groups in total. The third kappa shape index (κ3) is 3.67. The van der Waals surface area contributed by atoms with E-state index in [2.05, 4.69) is 11.0 Å². The quantitative estimate of drug-likeness (QED) is 0.754. The normalized spacial score (nSPS) is 18.5. The van der Waals surface area contributed by atoms with Crippen molar-refractivity contribution >= 4 is 5.97 Å². The second kappa shape index (κ2) is 7.31. The fourth-order valence-electron chi connectivity index (χ4n) is 2.88. The molecule has 1 saturated heterocycles. The van der Waals surface area contributed by atoms with Crippen LogP contribution in [0.1, 0.15) is 30.9 Å². The van der Waals surface area contributed by atoms with Crippen molar-refractivity contribution in [2.45, 2.75) is 25.3 Å². The van der Waals surface area contributed by atoms with Gasteiger partial charge in [0.1, 0.15) is 11.5 Å². The lowest BCUT2D eigenvalue weighted by Crippen LogP contribution is -2.26. The molecular formula is C16H23NO4. The van der Waals surface area contributed by atoms with Crippen LogP contribution >= 0.6 is 0 Å². The number of carbonyl (C=O) groups is 1. The minimum atomic E-state index is -0.164. The van der Waals surface area contributed by atoms with Gasteiger partial charge in [-0.2, -0.15) is 0 Å². The van der Waals surface area contributed by atoms with E-state index in [0.717, 1.165) is 36.4 Å². The summed E-state index contributed by atoms with van der Waals surface area (Å²) in [6, 6.07) is 6.20. The minimum absolute atomic E-state index is 0.164. The zero-order valence-corrected chi connectivity index (χ0v) is 12.9. The molecule has 1 fully saturated rings. The summed E-state index contributed by atoms with van der Waals surface area (Å²) in [5, 5.41) is 0. The summed E-state index contributed by atoms with van der Waals surface area (Å²) in [5.74, 6) is 1.46. The topological polar surface area (TPSA) is 48.0 Å². The standard InChI is InChI=1S/C16H23NO4/c1-19-12-6-7-13(15(11-12)20-2)14-5-4-9-17(14)10-8-16(18)21-3/h6-7,11,14H,4-5,8-10H2,1-3H3/t14-/m1/s1. The van der Waals surface area contributed by atoms with Crippen molar-refractivity contribution in [1.82, 2.24) is 4.90 Å². The Hall–Kier alpha value is -1.75. The van der Waals surface area contributed by atoms with E-state index in [4.69, 9.17) is 14.2 Å². The SMILES string of the molecule is COC(=O)CCN1CCC[C@@H]1c1ccc(OC)cc1OC. The number of rotatable bonds is 6. The van der Waals surface area contributed by atoms with E-state index in [1.165, 1.54) is 7.11 Å². The van der Waals surface area contributed by atoms with Gasteiger partial charge < -0.3 is 14.2 Å². The number of benzene rings is 1. The molecule has 5 nitrogen and oxygen atoms in total. The molecule has 0 aromatic heterocycles. The van der Waals surface area contributed by atoms with E-state index in [1.54, 1.807) is 14.2 Å². The molecule has 2 rings (SSSR count). The summed E-state index contributed by atoms with van der Waals surface area (Å²) < 4.78 is 15.5. The highest BCUT2D eigenvalue weighted by molar-refractivity contribution is 5.69. The van der Waals surface area contributed by atoms with Gasteiger partial charge in [0.05, 0.1) is 27.8 Å². The average molecular weight is 293 g/mol. The summed E-state index contributed by atoms with van der Waals surface area (Å²) in [5.41, 5.74) is 1.15. The van der Waals surface area contributed by atoms with E-state index in [9.17, 15) is 4.79 Å². The van der Waals surface area contributed by atoms with Crippen LogP contribution in [0.3, 0.4) is 0 Å². The predicted molar refractivity (Wildman–Crippen MR) is 79.7 cm³/mol. The Morgan fingerprint density at radius 1 is 1.29 bits per heavy atom. The average Bonchev–Trinajstić information content (AvgIpc) is 3.00. The number of hydrogen-bond acceptors (Lipinski definition) is 5. The summed E-state index contributed by atoms with van der Waals surface area (Å²) in [4.78, 5) is 13.6. The smallest absolute Gasteiger partial charge is 0.306 e. The molecule has 21 heavy (non-hydrogen) atoms. The number of nitrogens with zero attached hydrogens (tertiary/aromatic N) is 1. The lowest BCUT2D eigenvalue weighted by molar-refractivity contribution is -0.141. The van der Waals surface area contributed by atoms with Gasteiger partial charge in [0.15, 0.2) is 0 Å². The fraction of sp³-hybridized carbons (Fsp3) is 0.562. The van der Waals surface area contributed by atoms with Crippen molar-refractivity contribution in [3.8, 4) is 11.5 Å². The monoisotopic (exact) mass is 293 g/mol. The van der Waals surface area contributed by atoms with Crippen LogP contribution in [0.25, 0.3) is 0 Å². The minimum Gasteiger partial charge on any atom is -0.497 e. The Kier molecular flexibility index (Phi) is 5.44. The van der Waals surface area contributed by atoms with Gasteiger partial charge >= 0.3 is 5.97 Å². The molecule has 0 spiro atoms. The molecule has 1 heterocycles. The first kappa shape index (κ1) is 15.6. The zero-order valence-electron chi connectivity index (χ0n) is 12.9. The van der Waals surface area contributed by atoms with E-state index in [0.29, 0.717) is 13.0 Å². The highest BCUT2D eigenvalue weighted by Crippen LogP contribution is 2.38. The number of methoxy groups -OCH3 is 3. The maximum atomic E-state index is 11.3. The number of hydrogen-bond donors (Lipinski definition) is 0. The first-order chi connectivity index (χ1) is 10.2. The van der Waals surface area contributed by atoms with Crippen LogP contribution in [0.2, 0.25) is 0 Å². The summed E-state index contributed by atoms with van der Waals surface area (Å²) >= 11 is 0. The molecule has 0 unspecified atom stereocenters. The van der Waals surface area contributed by atoms with E-state index >= 15 is 0 Å². The number of likely N-dealkylation sites (tertiary alicyclic amines) is 1. The van der Waals surface area contributed by atoms with Gasteiger partial charge in [0.25, 0.3) is 0 Å². The highest BCUT2D eigenvalue weighted by atomic mass is 16.5. The molecule has 1 aliphatic rings. The number of ether oxygens (including phenoxy) is 3. The van der Waals surface area contributed by atoms with Crippen molar-refractivity contribution in [3.63, 3.8) is 0 Å². The Balaban J connectivity index is 2.13. The van der Waals surface area contributed by atoms with Crippen molar-refractivity contribution in [2.24, 2.45) is 0 Å². The lowest BCUT2D eigenvalue weighted by Gasteiger charge is -2.26. The van der Waals surface area contributed by atoms with E-state index in [-0.39, 0.29) is 12.0 Å². The summed E-state index contributed by atoms with van der Waals surface area (Å²) in [6.07, 6.45) is 2.62. The highest BCUT2D eigenvalue weighted by Gasteiger charge is 2.28. The van der Waals surface area contributed by atoms with E-state index in [1.807, 2.05) is 12.1 Å². The van der Waals surface area contributed by atoms with Gasteiger partial charge in [0, 0.05) is 24.2 Å². The van der Waals surface area contributed by atoms with Crippen LogP contribution in [0.4, 0.5) is 0 Å². The second-order valence-corrected chi connectivity index (χ2v) is 5.13. The van der Waals surface area contributed by atoms with E-state index < -0.39 is 0 Å². The molecule has 1 aromatic rings. The van der Waals surface area contributed by atoms with Gasteiger partial charge in [-0.15, -0.1) is 0 Å². The molecule has 0 saturated carbocycles. The van der Waals surface area contributed by atoms with Gasteiger partial charge in [-0.05, 0) is 25.5 Å². The van der Waals surface area contributed by atoms with Crippen molar-refractivity contribution in [1.29, 1.82) is 0 Å². The molecule has 0 aliphatic carbocycles. The zero-order chi connectivity index (χ0) is 15.2. The maximum Gasteiger partial charge on any atom is 0.306 e. The molecule has 0 bridgehead atoms. The third-order valence-corrected chi connectivity index (χ3v) is 3.99. The molecule has 1 aromatic carbocycles. The van der Waals surface area contributed by atoms with Gasteiger partial charge in [-0.25, -0.2) is 0 Å². The van der Waals surface area contributed by atoms with Crippen LogP contribution < -0.4 is 9.47 Å². The lowest BCUT2D eigenvalue weighted by atomic mass is 10.0. The number of carbonyl (C=O) groups excluding carboxylic acids is 1. The maximum absolute atomic E-state index is 11.3. The first-order valence-corrected chi connectivity index (χ1v) is 7.22. The Morgan fingerprint density at radius 2 is 2.10 bits per heavy atom. The third-order valence-electron chi connectivity index (χ3n) is 3.99. The molecule has 0 amide bonds. The van der Waals surface area contributed by atoms with Crippen LogP contribution in [-0.4, -0.2) is 45.3 Å². The van der Waals surface area contributed by atoms with Crippen LogP contribution in [-0.2, 0) is 9.53 Å². The van der Waals surface area contributed by atoms with Crippen LogP contribution in [0.15, 0.2) is 18.2 Å². The summed E-state index contributed by atoms with van der Waals surface area (Å²) in [7, 11) is 4.75. The van der Waals surface area contributed by atoms with Gasteiger partial charge in [0.2, 0.25) is 0 Å². The van der Waals surface area contributed by atoms with Gasteiger partial charge in [-0.3, -0.25) is 9.69 Å². The predicted octanol–water partition coefficient (Wildman–Crippen LogP) is 2.40. The molecule has 1 aliphatic heterocycles. The largest absolute Gasteiger partial charge is 0.497 e. The molecule has 1 atom stereocenters. The van der Waals surface area contributed by atoms with Crippen molar-refractivity contribution in [3.05, 3.63) is 23.8 Å². The van der Waals surface area contributed by atoms with Gasteiger partial charge in [-0.1, -0.05) is 6.07 Å². The second-order valence-electron chi connectivity index (χ2n) is 5.13. The van der Waals surface area contributed by atoms with Crippen molar-refractivity contribution in [2.75, 3.05) is 34.4 Å². The van der Waals surface area contributed by atoms with Crippen molar-refractivity contribution < 1.29 is 19.0 Å². The van der Waals surface area contributed by atoms with Crippen LogP contribution in [0.5, 0.6) is 11.5 Å². The Bertz CT molecular complexity index is 489. The Labute approximate surface area is 125 Å². The number of esters is 1. The molecule has 0 radical (unpaired) electrons. The first-order valence-electron chi connectivity index (χ1n) is 7.22. The van der Waals surface area contributed by atoms with Crippen LogP contribution in [0, 0.1) is 0 Å². The fourth-order valence-corrected chi connectivity index (χ4v) is 2.88. The summed E-state index contributed by atoms with van der Waals surface area (Å²) in [6.45, 7) is 1.71. The Morgan fingerprint density at radius 3 is 2.76 bits per heavy atom. The molecular weight excluding hydrogens is 270 g/mol. The molecule has 116 valence electrons. The molecule has 5 heteroatoms.